The number of nitrogens with one attached hydrogen (secondary N) is 1. The normalized spacial score (nSPS) is 10.3. The fourth-order valence-corrected chi connectivity index (χ4v) is 2.66. The van der Waals surface area contributed by atoms with Crippen LogP contribution in [-0.4, -0.2) is 18.4 Å². The number of rotatable bonds is 5. The minimum atomic E-state index is -0.345. The summed E-state index contributed by atoms with van der Waals surface area (Å²) in [7, 11) is 0. The molecule has 22 heavy (non-hydrogen) atoms. The number of hydrogen-bond donors (Lipinski definition) is 1. The van der Waals surface area contributed by atoms with Crippen LogP contribution in [0.2, 0.25) is 0 Å². The minimum Gasteiger partial charge on any atom is -0.426 e. The van der Waals surface area contributed by atoms with Gasteiger partial charge in [-0.05, 0) is 48.9 Å². The molecule has 5 heteroatoms. The maximum absolute atomic E-state index is 11.9. The lowest BCUT2D eigenvalue weighted by Gasteiger charge is -2.12. The highest BCUT2D eigenvalue weighted by atomic mass is 32.1. The quantitative estimate of drug-likeness (QED) is 0.679. The van der Waals surface area contributed by atoms with E-state index in [2.05, 4.69) is 5.32 Å². The molecule has 0 aliphatic heterocycles. The van der Waals surface area contributed by atoms with E-state index in [0.29, 0.717) is 11.3 Å². The molecule has 0 fully saturated rings. The maximum Gasteiger partial charge on any atom is 0.312 e. The third kappa shape index (κ3) is 3.95. The number of aryl methyl sites for hydroxylation is 2. The molecule has 1 amide bonds. The molecule has 1 aromatic heterocycles. The van der Waals surface area contributed by atoms with Crippen molar-refractivity contribution in [2.45, 2.75) is 27.2 Å². The first-order valence-corrected chi connectivity index (χ1v) is 8.01. The molecule has 0 saturated heterocycles. The summed E-state index contributed by atoms with van der Waals surface area (Å²) in [5.74, 6) is 0.105. The Hall–Kier alpha value is -2.14. The van der Waals surface area contributed by atoms with Crippen LogP contribution >= 0.6 is 11.3 Å². The largest absolute Gasteiger partial charge is 0.426 e. The van der Waals surface area contributed by atoms with Gasteiger partial charge in [0.05, 0.1) is 6.42 Å². The van der Waals surface area contributed by atoms with Gasteiger partial charge in [-0.1, -0.05) is 12.1 Å². The number of hydrogen-bond acceptors (Lipinski definition) is 4. The third-order valence-corrected chi connectivity index (χ3v) is 4.17. The zero-order valence-electron chi connectivity index (χ0n) is 12.9. The van der Waals surface area contributed by atoms with E-state index in [1.165, 1.54) is 11.3 Å². The number of ether oxygens (including phenoxy) is 1. The van der Waals surface area contributed by atoms with E-state index in [1.54, 1.807) is 11.4 Å². The molecule has 1 heterocycles. The molecule has 0 atom stereocenters. The highest BCUT2D eigenvalue weighted by Crippen LogP contribution is 2.25. The van der Waals surface area contributed by atoms with Crippen LogP contribution in [0.3, 0.4) is 0 Å². The van der Waals surface area contributed by atoms with Crippen molar-refractivity contribution >= 4 is 23.2 Å². The molecule has 0 aliphatic carbocycles. The smallest absolute Gasteiger partial charge is 0.312 e. The van der Waals surface area contributed by atoms with Crippen molar-refractivity contribution in [3.05, 3.63) is 51.2 Å². The van der Waals surface area contributed by atoms with E-state index in [9.17, 15) is 9.59 Å². The van der Waals surface area contributed by atoms with Crippen LogP contribution in [0.15, 0.2) is 29.0 Å². The number of carbonyl (C=O) groups excluding carboxylic acids is 2. The Morgan fingerprint density at radius 3 is 2.55 bits per heavy atom. The fourth-order valence-electron chi connectivity index (χ4n) is 2.02. The van der Waals surface area contributed by atoms with Gasteiger partial charge >= 0.3 is 5.97 Å². The Balaban J connectivity index is 1.86. The molecule has 2 aromatic rings. The number of esters is 1. The van der Waals surface area contributed by atoms with Gasteiger partial charge in [0.25, 0.3) is 5.91 Å². The van der Waals surface area contributed by atoms with Gasteiger partial charge in [0, 0.05) is 17.5 Å². The van der Waals surface area contributed by atoms with Gasteiger partial charge in [-0.25, -0.2) is 0 Å². The third-order valence-electron chi connectivity index (χ3n) is 3.49. The van der Waals surface area contributed by atoms with Crippen molar-refractivity contribution in [3.63, 3.8) is 0 Å². The van der Waals surface area contributed by atoms with Crippen molar-refractivity contribution in [2.24, 2.45) is 0 Å². The first kappa shape index (κ1) is 16.2. The van der Waals surface area contributed by atoms with Crippen LogP contribution in [0.4, 0.5) is 0 Å². The molecular weight excluding hydrogens is 298 g/mol. The average Bonchev–Trinajstić information content (AvgIpc) is 3.02. The molecule has 0 aliphatic rings. The van der Waals surface area contributed by atoms with Crippen LogP contribution in [0.5, 0.6) is 5.75 Å². The van der Waals surface area contributed by atoms with E-state index < -0.39 is 0 Å². The van der Waals surface area contributed by atoms with E-state index in [1.807, 2.05) is 38.3 Å². The fraction of sp³-hybridized carbons (Fsp3) is 0.294. The lowest BCUT2D eigenvalue weighted by Crippen LogP contribution is -2.26. The lowest BCUT2D eigenvalue weighted by molar-refractivity contribution is -0.134. The summed E-state index contributed by atoms with van der Waals surface area (Å²) in [5.41, 5.74) is 3.59. The predicted molar refractivity (Wildman–Crippen MR) is 87.6 cm³/mol. The molecule has 116 valence electrons. The van der Waals surface area contributed by atoms with Gasteiger partial charge in [-0.15, -0.1) is 0 Å². The molecule has 4 nitrogen and oxygen atoms in total. The van der Waals surface area contributed by atoms with E-state index >= 15 is 0 Å². The highest BCUT2D eigenvalue weighted by molar-refractivity contribution is 7.08. The van der Waals surface area contributed by atoms with Crippen molar-refractivity contribution in [2.75, 3.05) is 6.54 Å². The number of thiophene rings is 1. The standard InChI is InChI=1S/C17H19NO3S/c1-11-4-5-12(2)16(13(11)3)21-15(19)6-8-18-17(20)14-7-9-22-10-14/h4-5,7,9-10H,6,8H2,1-3H3,(H,18,20). The summed E-state index contributed by atoms with van der Waals surface area (Å²) in [6.45, 7) is 6.08. The van der Waals surface area contributed by atoms with Crippen molar-refractivity contribution in [1.29, 1.82) is 0 Å². The Labute approximate surface area is 134 Å². The Kier molecular flexibility index (Phi) is 5.33. The molecule has 2 rings (SSSR count). The highest BCUT2D eigenvalue weighted by Gasteiger charge is 2.12. The predicted octanol–water partition coefficient (Wildman–Crippen LogP) is 3.40. The molecule has 1 N–H and O–H groups in total. The van der Waals surface area contributed by atoms with Crippen LogP contribution in [0, 0.1) is 20.8 Å². The van der Waals surface area contributed by atoms with Gasteiger partial charge in [0.15, 0.2) is 0 Å². The molecule has 0 unspecified atom stereocenters. The van der Waals surface area contributed by atoms with E-state index in [0.717, 1.165) is 16.7 Å². The zero-order chi connectivity index (χ0) is 16.1. The number of benzene rings is 1. The van der Waals surface area contributed by atoms with Crippen molar-refractivity contribution < 1.29 is 14.3 Å². The summed E-state index contributed by atoms with van der Waals surface area (Å²) in [6.07, 6.45) is 0.142. The van der Waals surface area contributed by atoms with Gasteiger partial charge in [0.2, 0.25) is 0 Å². The second kappa shape index (κ2) is 7.22. The van der Waals surface area contributed by atoms with E-state index in [4.69, 9.17) is 4.74 Å². The first-order chi connectivity index (χ1) is 10.5. The Bertz CT molecular complexity index is 677. The monoisotopic (exact) mass is 317 g/mol. The minimum absolute atomic E-state index is 0.142. The lowest BCUT2D eigenvalue weighted by atomic mass is 10.1. The molecular formula is C17H19NO3S. The van der Waals surface area contributed by atoms with Crippen LogP contribution < -0.4 is 10.1 Å². The van der Waals surface area contributed by atoms with Gasteiger partial charge in [-0.2, -0.15) is 11.3 Å². The molecule has 0 spiro atoms. The zero-order valence-corrected chi connectivity index (χ0v) is 13.8. The van der Waals surface area contributed by atoms with Gasteiger partial charge in [-0.3, -0.25) is 9.59 Å². The molecule has 0 bridgehead atoms. The second-order valence-corrected chi connectivity index (χ2v) is 5.93. The SMILES string of the molecule is Cc1ccc(C)c(OC(=O)CCNC(=O)c2ccsc2)c1C. The molecule has 1 aromatic carbocycles. The van der Waals surface area contributed by atoms with Crippen LogP contribution in [-0.2, 0) is 4.79 Å². The summed E-state index contributed by atoms with van der Waals surface area (Å²) >= 11 is 1.46. The average molecular weight is 317 g/mol. The summed E-state index contributed by atoms with van der Waals surface area (Å²) in [5, 5.41) is 6.32. The van der Waals surface area contributed by atoms with Crippen LogP contribution in [0.25, 0.3) is 0 Å². The van der Waals surface area contributed by atoms with Gasteiger partial charge < -0.3 is 10.1 Å². The Morgan fingerprint density at radius 2 is 1.86 bits per heavy atom. The summed E-state index contributed by atoms with van der Waals surface area (Å²) < 4.78 is 5.44. The Morgan fingerprint density at radius 1 is 1.14 bits per heavy atom. The number of amides is 1. The van der Waals surface area contributed by atoms with Gasteiger partial charge in [0.1, 0.15) is 5.75 Å². The summed E-state index contributed by atoms with van der Waals surface area (Å²) in [6, 6.07) is 5.68. The topological polar surface area (TPSA) is 55.4 Å². The van der Waals surface area contributed by atoms with Crippen molar-refractivity contribution in [3.8, 4) is 5.75 Å². The maximum atomic E-state index is 11.9. The first-order valence-electron chi connectivity index (χ1n) is 7.07. The van der Waals surface area contributed by atoms with E-state index in [-0.39, 0.29) is 24.8 Å². The summed E-state index contributed by atoms with van der Waals surface area (Å²) in [4.78, 5) is 23.7. The molecule has 0 radical (unpaired) electrons. The second-order valence-electron chi connectivity index (χ2n) is 5.15. The molecule has 0 saturated carbocycles. The van der Waals surface area contributed by atoms with Crippen LogP contribution in [0.1, 0.15) is 33.5 Å². The van der Waals surface area contributed by atoms with Crippen molar-refractivity contribution in [1.82, 2.24) is 5.32 Å². The number of carbonyl (C=O) groups is 2.